The van der Waals surface area contributed by atoms with Crippen molar-refractivity contribution in [3.63, 3.8) is 0 Å². The van der Waals surface area contributed by atoms with Gasteiger partial charge < -0.3 is 4.74 Å². The minimum Gasteiger partial charge on any atom is -0.465 e. The van der Waals surface area contributed by atoms with Gasteiger partial charge in [0.25, 0.3) is 0 Å². The van der Waals surface area contributed by atoms with Crippen LogP contribution in [0, 0.1) is 11.7 Å². The van der Waals surface area contributed by atoms with E-state index in [1.165, 1.54) is 32.1 Å². The van der Waals surface area contributed by atoms with E-state index in [0.717, 1.165) is 18.7 Å². The maximum absolute atomic E-state index is 13.9. The summed E-state index contributed by atoms with van der Waals surface area (Å²) in [6.45, 7) is 6.14. The summed E-state index contributed by atoms with van der Waals surface area (Å²) in [4.78, 5) is 13.8. The number of nitrogens with zero attached hydrogens (tertiary/aromatic N) is 1. The van der Waals surface area contributed by atoms with Gasteiger partial charge in [0.1, 0.15) is 5.82 Å². The first-order valence-corrected chi connectivity index (χ1v) is 7.12. The first kappa shape index (κ1) is 15.0. The maximum Gasteiger partial charge on any atom is 0.340 e. The molecule has 1 aliphatic carbocycles. The van der Waals surface area contributed by atoms with Crippen molar-refractivity contribution in [1.82, 2.24) is 4.90 Å². The predicted molar refractivity (Wildman–Crippen MR) is 76.0 cm³/mol. The molecule has 0 atom stereocenters. The van der Waals surface area contributed by atoms with Crippen LogP contribution in [0.4, 0.5) is 4.39 Å². The lowest BCUT2D eigenvalue weighted by atomic mass is 10.1. The first-order valence-electron chi connectivity index (χ1n) is 7.12. The van der Waals surface area contributed by atoms with Crippen LogP contribution in [0.2, 0.25) is 0 Å². The van der Waals surface area contributed by atoms with Crippen molar-refractivity contribution in [2.45, 2.75) is 39.3 Å². The Morgan fingerprint density at radius 2 is 2.15 bits per heavy atom. The van der Waals surface area contributed by atoms with Crippen LogP contribution in [-0.2, 0) is 11.3 Å². The number of hydrogen-bond acceptors (Lipinski definition) is 3. The van der Waals surface area contributed by atoms with Crippen molar-refractivity contribution in [1.29, 1.82) is 0 Å². The molecule has 0 heterocycles. The van der Waals surface area contributed by atoms with E-state index >= 15 is 0 Å². The number of esters is 1. The van der Waals surface area contributed by atoms with Gasteiger partial charge in [-0.1, -0.05) is 19.9 Å². The third kappa shape index (κ3) is 3.79. The minimum absolute atomic E-state index is 0.00178. The Bertz CT molecular complexity index is 483. The van der Waals surface area contributed by atoms with E-state index in [1.54, 1.807) is 0 Å². The summed E-state index contributed by atoms with van der Waals surface area (Å²) >= 11 is 0. The van der Waals surface area contributed by atoms with Gasteiger partial charge in [-0.3, -0.25) is 4.90 Å². The van der Waals surface area contributed by atoms with E-state index in [-0.39, 0.29) is 5.56 Å². The Labute approximate surface area is 119 Å². The zero-order valence-corrected chi connectivity index (χ0v) is 12.4. The monoisotopic (exact) mass is 279 g/mol. The van der Waals surface area contributed by atoms with E-state index in [1.807, 2.05) is 6.07 Å². The second kappa shape index (κ2) is 6.35. The fraction of sp³-hybridized carbons (Fsp3) is 0.562. The molecule has 1 fully saturated rings. The van der Waals surface area contributed by atoms with Gasteiger partial charge in [0.2, 0.25) is 0 Å². The maximum atomic E-state index is 13.9. The quantitative estimate of drug-likeness (QED) is 0.749. The third-order valence-corrected chi connectivity index (χ3v) is 3.49. The molecule has 0 unspecified atom stereocenters. The lowest BCUT2D eigenvalue weighted by Crippen LogP contribution is -2.29. The smallest absolute Gasteiger partial charge is 0.340 e. The Kier molecular flexibility index (Phi) is 4.76. The zero-order chi connectivity index (χ0) is 14.7. The SMILES string of the molecule is COC(=O)c1ccc(CN(CC(C)C)C2CC2)cc1F. The molecule has 0 amide bonds. The fourth-order valence-electron chi connectivity index (χ4n) is 2.42. The normalized spacial score (nSPS) is 14.9. The standard InChI is InChI=1S/C16H22FNO2/c1-11(2)9-18(13-5-6-13)10-12-4-7-14(15(17)8-12)16(19)20-3/h4,7-8,11,13H,5-6,9-10H2,1-3H3. The molecule has 1 aliphatic rings. The number of ether oxygens (including phenoxy) is 1. The van der Waals surface area contributed by atoms with Crippen LogP contribution in [0.5, 0.6) is 0 Å². The van der Waals surface area contributed by atoms with Crippen molar-refractivity contribution in [2.75, 3.05) is 13.7 Å². The van der Waals surface area contributed by atoms with Gasteiger partial charge in [-0.05, 0) is 36.5 Å². The van der Waals surface area contributed by atoms with E-state index in [2.05, 4.69) is 23.5 Å². The molecule has 1 aromatic carbocycles. The molecule has 2 rings (SSSR count). The van der Waals surface area contributed by atoms with Gasteiger partial charge in [-0.25, -0.2) is 9.18 Å². The molecule has 3 nitrogen and oxygen atoms in total. The summed E-state index contributed by atoms with van der Waals surface area (Å²) in [5.74, 6) is -0.542. The molecular formula is C16H22FNO2. The Morgan fingerprint density at radius 3 is 2.65 bits per heavy atom. The summed E-state index contributed by atoms with van der Waals surface area (Å²) < 4.78 is 18.4. The van der Waals surface area contributed by atoms with Gasteiger partial charge in [-0.15, -0.1) is 0 Å². The number of halogens is 1. The topological polar surface area (TPSA) is 29.5 Å². The number of carbonyl (C=O) groups excluding carboxylic acids is 1. The molecule has 110 valence electrons. The van der Waals surface area contributed by atoms with Crippen molar-refractivity contribution < 1.29 is 13.9 Å². The van der Waals surface area contributed by atoms with Gasteiger partial charge in [0.15, 0.2) is 0 Å². The lowest BCUT2D eigenvalue weighted by molar-refractivity contribution is 0.0595. The molecule has 0 aromatic heterocycles. The van der Waals surface area contributed by atoms with E-state index in [9.17, 15) is 9.18 Å². The second-order valence-corrected chi connectivity index (χ2v) is 5.86. The highest BCUT2D eigenvalue weighted by Gasteiger charge is 2.29. The summed E-state index contributed by atoms with van der Waals surface area (Å²) in [5, 5.41) is 0. The molecule has 0 spiro atoms. The average Bonchev–Trinajstić information content (AvgIpc) is 3.21. The molecule has 1 aromatic rings. The summed E-state index contributed by atoms with van der Waals surface area (Å²) in [6, 6.07) is 5.41. The molecule has 4 heteroatoms. The number of hydrogen-bond donors (Lipinski definition) is 0. The second-order valence-electron chi connectivity index (χ2n) is 5.86. The molecule has 0 aliphatic heterocycles. The van der Waals surface area contributed by atoms with Gasteiger partial charge in [-0.2, -0.15) is 0 Å². The molecule has 0 radical (unpaired) electrons. The highest BCUT2D eigenvalue weighted by atomic mass is 19.1. The molecule has 0 saturated heterocycles. The van der Waals surface area contributed by atoms with E-state index in [4.69, 9.17) is 0 Å². The van der Waals surface area contributed by atoms with Crippen molar-refractivity contribution in [3.05, 3.63) is 35.1 Å². The van der Waals surface area contributed by atoms with Gasteiger partial charge >= 0.3 is 5.97 Å². The molecule has 1 saturated carbocycles. The van der Waals surface area contributed by atoms with Crippen molar-refractivity contribution in [3.8, 4) is 0 Å². The lowest BCUT2D eigenvalue weighted by Gasteiger charge is -2.24. The van der Waals surface area contributed by atoms with Gasteiger partial charge in [0.05, 0.1) is 12.7 Å². The van der Waals surface area contributed by atoms with Crippen LogP contribution >= 0.6 is 0 Å². The number of carbonyl (C=O) groups is 1. The molecule has 20 heavy (non-hydrogen) atoms. The summed E-state index contributed by atoms with van der Waals surface area (Å²) in [6.07, 6.45) is 2.46. The number of benzene rings is 1. The van der Waals surface area contributed by atoms with Crippen molar-refractivity contribution >= 4 is 5.97 Å². The average molecular weight is 279 g/mol. The number of methoxy groups -OCH3 is 1. The molecule has 0 bridgehead atoms. The fourth-order valence-corrected chi connectivity index (χ4v) is 2.42. The first-order chi connectivity index (χ1) is 9.51. The minimum atomic E-state index is -0.629. The van der Waals surface area contributed by atoms with E-state index < -0.39 is 11.8 Å². The summed E-state index contributed by atoms with van der Waals surface area (Å²) in [5.41, 5.74) is 0.904. The number of rotatable bonds is 6. The predicted octanol–water partition coefficient (Wildman–Crippen LogP) is 3.23. The van der Waals surface area contributed by atoms with Crippen LogP contribution < -0.4 is 0 Å². The van der Waals surface area contributed by atoms with Crippen LogP contribution in [0.1, 0.15) is 42.6 Å². The Morgan fingerprint density at radius 1 is 1.45 bits per heavy atom. The highest BCUT2D eigenvalue weighted by molar-refractivity contribution is 5.89. The zero-order valence-electron chi connectivity index (χ0n) is 12.4. The molecule has 0 N–H and O–H groups in total. The molecular weight excluding hydrogens is 257 g/mol. The highest BCUT2D eigenvalue weighted by Crippen LogP contribution is 2.29. The Balaban J connectivity index is 2.08. The van der Waals surface area contributed by atoms with Crippen LogP contribution in [0.15, 0.2) is 18.2 Å². The van der Waals surface area contributed by atoms with Crippen molar-refractivity contribution in [2.24, 2.45) is 5.92 Å². The largest absolute Gasteiger partial charge is 0.465 e. The van der Waals surface area contributed by atoms with Crippen LogP contribution in [0.25, 0.3) is 0 Å². The third-order valence-electron chi connectivity index (χ3n) is 3.49. The summed E-state index contributed by atoms with van der Waals surface area (Å²) in [7, 11) is 1.26. The Hall–Kier alpha value is -1.42. The van der Waals surface area contributed by atoms with E-state index in [0.29, 0.717) is 12.0 Å². The van der Waals surface area contributed by atoms with Crippen LogP contribution in [-0.4, -0.2) is 30.6 Å². The van der Waals surface area contributed by atoms with Crippen LogP contribution in [0.3, 0.4) is 0 Å². The van der Waals surface area contributed by atoms with Gasteiger partial charge in [0, 0.05) is 19.1 Å².